The summed E-state index contributed by atoms with van der Waals surface area (Å²) in [5.41, 5.74) is 6.60. The van der Waals surface area contributed by atoms with Crippen molar-refractivity contribution in [2.75, 3.05) is 11.1 Å². The zero-order valence-corrected chi connectivity index (χ0v) is 18.5. The van der Waals surface area contributed by atoms with Gasteiger partial charge in [0.05, 0.1) is 22.3 Å². The molecule has 0 spiro atoms. The van der Waals surface area contributed by atoms with Gasteiger partial charge in [-0.1, -0.05) is 29.8 Å². The number of nitrogens with zero attached hydrogens (tertiary/aromatic N) is 6. The maximum Gasteiger partial charge on any atom is 0.284 e. The van der Waals surface area contributed by atoms with Crippen molar-refractivity contribution < 1.29 is 0 Å². The molecule has 3 N–H and O–H groups in total. The molecule has 0 unspecified atom stereocenters. The third-order valence-electron chi connectivity index (χ3n) is 5.36. The number of aromatic nitrogens is 6. The minimum Gasteiger partial charge on any atom is -0.368 e. The second kappa shape index (κ2) is 7.75. The molecular weight excluding hydrogens is 444 g/mol. The Hall–Kier alpha value is -4.18. The fraction of sp³-hybridized carbons (Fsp3) is 0.136. The quantitative estimate of drug-likeness (QED) is 0.420. The fourth-order valence-corrected chi connectivity index (χ4v) is 4.01. The van der Waals surface area contributed by atoms with E-state index in [1.807, 2.05) is 25.1 Å². The van der Waals surface area contributed by atoms with E-state index in [0.717, 1.165) is 0 Å². The standard InChI is InChI=1S/C22H19ClN8O2/c1-12(25-18-16-15(26-22(24)27-18)9-10-29(2)20(16)32)19-28-30-11-8-14(23)17(30)21(33)31(19)13-6-4-3-5-7-13/h3-12H,1-2H3,(H3,24,25,26,27)/t12-/m0/s1. The maximum atomic E-state index is 13.4. The van der Waals surface area contributed by atoms with Crippen molar-refractivity contribution in [3.05, 3.63) is 86.4 Å². The Labute approximate surface area is 191 Å². The predicted molar refractivity (Wildman–Crippen MR) is 127 cm³/mol. The first-order valence-electron chi connectivity index (χ1n) is 10.1. The van der Waals surface area contributed by atoms with Crippen LogP contribution in [0.2, 0.25) is 5.02 Å². The van der Waals surface area contributed by atoms with Gasteiger partial charge in [-0.05, 0) is 31.2 Å². The lowest BCUT2D eigenvalue weighted by atomic mass is 10.2. The number of halogens is 1. The van der Waals surface area contributed by atoms with E-state index in [-0.39, 0.29) is 28.4 Å². The highest BCUT2D eigenvalue weighted by atomic mass is 35.5. The summed E-state index contributed by atoms with van der Waals surface area (Å²) in [6.45, 7) is 1.82. The summed E-state index contributed by atoms with van der Waals surface area (Å²) in [4.78, 5) is 34.7. The number of pyridine rings is 1. The van der Waals surface area contributed by atoms with Crippen LogP contribution in [0.5, 0.6) is 0 Å². The molecule has 1 atom stereocenters. The molecule has 4 heterocycles. The third-order valence-corrected chi connectivity index (χ3v) is 5.67. The third kappa shape index (κ3) is 3.40. The summed E-state index contributed by atoms with van der Waals surface area (Å²) in [5.74, 6) is 0.668. The molecule has 4 aromatic heterocycles. The SMILES string of the molecule is C[C@H](Nc1nc(N)nc2ccn(C)c(=O)c12)c1nn2ccc(Cl)c2c(=O)n1-c1ccccc1. The molecule has 0 saturated carbocycles. The molecule has 0 amide bonds. The molecule has 166 valence electrons. The number of rotatable bonds is 4. The summed E-state index contributed by atoms with van der Waals surface area (Å²) in [6.07, 6.45) is 3.24. The molecule has 33 heavy (non-hydrogen) atoms. The zero-order chi connectivity index (χ0) is 23.3. The van der Waals surface area contributed by atoms with Gasteiger partial charge in [0.25, 0.3) is 11.1 Å². The first-order valence-corrected chi connectivity index (χ1v) is 10.5. The van der Waals surface area contributed by atoms with E-state index in [9.17, 15) is 9.59 Å². The number of nitrogen functional groups attached to an aromatic ring is 1. The normalized spacial score (nSPS) is 12.3. The highest BCUT2D eigenvalue weighted by molar-refractivity contribution is 6.33. The van der Waals surface area contributed by atoms with Crippen LogP contribution in [-0.2, 0) is 7.05 Å². The Bertz CT molecular complexity index is 1640. The van der Waals surface area contributed by atoms with Crippen molar-refractivity contribution in [2.24, 2.45) is 7.05 Å². The Morgan fingerprint density at radius 2 is 1.79 bits per heavy atom. The molecular formula is C22H19ClN8O2. The molecule has 0 radical (unpaired) electrons. The topological polar surface area (TPSA) is 125 Å². The Kier molecular flexibility index (Phi) is 4.86. The van der Waals surface area contributed by atoms with Crippen LogP contribution in [0.15, 0.2) is 64.4 Å². The van der Waals surface area contributed by atoms with Gasteiger partial charge in [-0.15, -0.1) is 0 Å². The number of para-hydroxylation sites is 1. The average Bonchev–Trinajstić information content (AvgIpc) is 3.17. The molecule has 0 fully saturated rings. The molecule has 11 heteroatoms. The number of hydrogen-bond acceptors (Lipinski definition) is 7. The second-order valence-electron chi connectivity index (χ2n) is 7.58. The van der Waals surface area contributed by atoms with E-state index in [2.05, 4.69) is 20.4 Å². The van der Waals surface area contributed by atoms with Crippen molar-refractivity contribution in [3.8, 4) is 5.69 Å². The van der Waals surface area contributed by atoms with Gasteiger partial charge >= 0.3 is 0 Å². The van der Waals surface area contributed by atoms with Gasteiger partial charge in [0.1, 0.15) is 16.7 Å². The zero-order valence-electron chi connectivity index (χ0n) is 17.7. The van der Waals surface area contributed by atoms with Gasteiger partial charge in [0, 0.05) is 19.4 Å². The first kappa shape index (κ1) is 20.7. The van der Waals surface area contributed by atoms with E-state index >= 15 is 0 Å². The van der Waals surface area contributed by atoms with Crippen molar-refractivity contribution >= 4 is 39.8 Å². The number of benzene rings is 1. The second-order valence-corrected chi connectivity index (χ2v) is 7.99. The largest absolute Gasteiger partial charge is 0.368 e. The Morgan fingerprint density at radius 1 is 1.03 bits per heavy atom. The number of nitrogens with one attached hydrogen (secondary N) is 1. The van der Waals surface area contributed by atoms with Gasteiger partial charge in [-0.25, -0.2) is 9.50 Å². The predicted octanol–water partition coefficient (Wildman–Crippen LogP) is 2.54. The Balaban J connectivity index is 1.72. The lowest BCUT2D eigenvalue weighted by molar-refractivity contribution is 0.673. The molecule has 5 aromatic rings. The van der Waals surface area contributed by atoms with Crippen LogP contribution < -0.4 is 22.2 Å². The van der Waals surface area contributed by atoms with Crippen molar-refractivity contribution in [1.29, 1.82) is 0 Å². The Morgan fingerprint density at radius 3 is 2.55 bits per heavy atom. The van der Waals surface area contributed by atoms with Crippen LogP contribution in [0.4, 0.5) is 11.8 Å². The summed E-state index contributed by atoms with van der Waals surface area (Å²) < 4.78 is 4.37. The summed E-state index contributed by atoms with van der Waals surface area (Å²) in [5, 5.41) is 8.45. The minimum atomic E-state index is -0.550. The first-order chi connectivity index (χ1) is 15.8. The number of nitrogens with two attached hydrogens (primary N) is 1. The van der Waals surface area contributed by atoms with E-state index in [0.29, 0.717) is 27.4 Å². The van der Waals surface area contributed by atoms with Crippen molar-refractivity contribution in [1.82, 2.24) is 28.7 Å². The average molecular weight is 463 g/mol. The number of fused-ring (bicyclic) bond motifs is 2. The van der Waals surface area contributed by atoms with E-state index < -0.39 is 6.04 Å². The molecule has 0 aliphatic rings. The van der Waals surface area contributed by atoms with Gasteiger partial charge in [-0.3, -0.25) is 14.2 Å². The van der Waals surface area contributed by atoms with Gasteiger partial charge in [0.2, 0.25) is 5.95 Å². The van der Waals surface area contributed by atoms with Crippen molar-refractivity contribution in [2.45, 2.75) is 13.0 Å². The lowest BCUT2D eigenvalue weighted by Gasteiger charge is -2.20. The van der Waals surface area contributed by atoms with E-state index in [4.69, 9.17) is 17.3 Å². The van der Waals surface area contributed by atoms with Crippen LogP contribution in [-0.4, -0.2) is 28.7 Å². The number of anilines is 2. The van der Waals surface area contributed by atoms with Crippen molar-refractivity contribution in [3.63, 3.8) is 0 Å². The smallest absolute Gasteiger partial charge is 0.284 e. The highest BCUT2D eigenvalue weighted by Gasteiger charge is 2.22. The number of hydrogen-bond donors (Lipinski definition) is 2. The molecule has 0 aliphatic heterocycles. The molecule has 0 aliphatic carbocycles. The summed E-state index contributed by atoms with van der Waals surface area (Å²) >= 11 is 6.26. The molecule has 5 rings (SSSR count). The van der Waals surface area contributed by atoms with Crippen LogP contribution in [0.3, 0.4) is 0 Å². The summed E-state index contributed by atoms with van der Waals surface area (Å²) in [6, 6.07) is 11.9. The maximum absolute atomic E-state index is 13.4. The fourth-order valence-electron chi connectivity index (χ4n) is 3.78. The highest BCUT2D eigenvalue weighted by Crippen LogP contribution is 2.24. The monoisotopic (exact) mass is 462 g/mol. The van der Waals surface area contributed by atoms with Crippen LogP contribution in [0.1, 0.15) is 18.8 Å². The molecule has 0 bridgehead atoms. The van der Waals surface area contributed by atoms with Gasteiger partial charge < -0.3 is 15.6 Å². The van der Waals surface area contributed by atoms with Crippen LogP contribution in [0.25, 0.3) is 22.1 Å². The molecule has 1 aromatic carbocycles. The number of aryl methyl sites for hydroxylation is 1. The van der Waals surface area contributed by atoms with E-state index in [1.54, 1.807) is 43.7 Å². The van der Waals surface area contributed by atoms with Gasteiger partial charge in [-0.2, -0.15) is 10.1 Å². The minimum absolute atomic E-state index is 0.0199. The van der Waals surface area contributed by atoms with Crippen LogP contribution >= 0.6 is 11.6 Å². The summed E-state index contributed by atoms with van der Waals surface area (Å²) in [7, 11) is 1.64. The lowest BCUT2D eigenvalue weighted by Crippen LogP contribution is -2.29. The van der Waals surface area contributed by atoms with Gasteiger partial charge in [0.15, 0.2) is 5.82 Å². The molecule has 0 saturated heterocycles. The van der Waals surface area contributed by atoms with E-state index in [1.165, 1.54) is 13.6 Å². The molecule has 10 nitrogen and oxygen atoms in total. The van der Waals surface area contributed by atoms with Crippen LogP contribution in [0, 0.1) is 0 Å².